The number of rotatable bonds is 52. The number of benzene rings is 3. The Balaban J connectivity index is 1.76. The van der Waals surface area contributed by atoms with E-state index in [1.54, 1.807) is 0 Å². The molecule has 0 radical (unpaired) electrons. The SMILES string of the molecule is CCCCCCCCCCCCCOc1c2cccc(OCCCCCCCCCCCCC)c2c(OCCCCCCCCCCCCC)c2c(OCCCCCCCCCCCCC)cccc12. The molecule has 70 heavy (non-hydrogen) atoms. The number of fused-ring (bicyclic) bond motifs is 2. The highest BCUT2D eigenvalue weighted by Crippen LogP contribution is 2.50. The van der Waals surface area contributed by atoms with Crippen LogP contribution in [0.25, 0.3) is 21.5 Å². The van der Waals surface area contributed by atoms with Crippen LogP contribution in [0.1, 0.15) is 310 Å². The predicted molar refractivity (Wildman–Crippen MR) is 309 cm³/mol. The van der Waals surface area contributed by atoms with Crippen molar-refractivity contribution in [3.05, 3.63) is 36.4 Å². The van der Waals surface area contributed by atoms with Gasteiger partial charge in [0.2, 0.25) is 0 Å². The molecular weight excluding hydrogens is 857 g/mol. The van der Waals surface area contributed by atoms with Crippen LogP contribution in [0.4, 0.5) is 0 Å². The van der Waals surface area contributed by atoms with Gasteiger partial charge < -0.3 is 18.9 Å². The normalized spacial score (nSPS) is 11.6. The van der Waals surface area contributed by atoms with Crippen molar-refractivity contribution in [3.63, 3.8) is 0 Å². The molecule has 0 aliphatic rings. The van der Waals surface area contributed by atoms with Gasteiger partial charge in [-0.1, -0.05) is 309 Å². The molecule has 0 amide bonds. The third-order valence-electron chi connectivity index (χ3n) is 15.0. The minimum atomic E-state index is 0.694. The first-order valence-corrected chi connectivity index (χ1v) is 31.3. The number of hydrogen-bond donors (Lipinski definition) is 0. The summed E-state index contributed by atoms with van der Waals surface area (Å²) in [4.78, 5) is 0. The Labute approximate surface area is 434 Å². The van der Waals surface area contributed by atoms with E-state index in [9.17, 15) is 0 Å². The van der Waals surface area contributed by atoms with E-state index in [0.717, 1.165) is 83.4 Å². The average molecular weight is 972 g/mol. The van der Waals surface area contributed by atoms with E-state index >= 15 is 0 Å². The smallest absolute Gasteiger partial charge is 0.142 e. The number of hydrogen-bond acceptors (Lipinski definition) is 4. The van der Waals surface area contributed by atoms with E-state index < -0.39 is 0 Å². The van der Waals surface area contributed by atoms with Crippen molar-refractivity contribution in [3.8, 4) is 23.0 Å². The minimum absolute atomic E-state index is 0.694. The van der Waals surface area contributed by atoms with Crippen molar-refractivity contribution in [2.75, 3.05) is 26.4 Å². The summed E-state index contributed by atoms with van der Waals surface area (Å²) in [5.41, 5.74) is 0. The number of ether oxygens (including phenoxy) is 4. The highest BCUT2D eigenvalue weighted by Gasteiger charge is 2.23. The number of unbranched alkanes of at least 4 members (excludes halogenated alkanes) is 40. The Morgan fingerprint density at radius 1 is 0.229 bits per heavy atom. The first-order valence-electron chi connectivity index (χ1n) is 31.3. The van der Waals surface area contributed by atoms with E-state index in [-0.39, 0.29) is 0 Å². The summed E-state index contributed by atoms with van der Waals surface area (Å²) >= 11 is 0. The summed E-state index contributed by atoms with van der Waals surface area (Å²) in [6.45, 7) is 12.1. The largest absolute Gasteiger partial charge is 0.493 e. The second kappa shape index (κ2) is 45.0. The second-order valence-electron chi connectivity index (χ2n) is 21.6. The van der Waals surface area contributed by atoms with Crippen molar-refractivity contribution in [2.45, 2.75) is 310 Å². The molecular formula is C66H114O4. The molecule has 0 unspecified atom stereocenters. The molecule has 0 heterocycles. The topological polar surface area (TPSA) is 36.9 Å². The second-order valence-corrected chi connectivity index (χ2v) is 21.6. The zero-order valence-electron chi connectivity index (χ0n) is 47.0. The molecule has 0 aromatic heterocycles. The van der Waals surface area contributed by atoms with Gasteiger partial charge in [-0.3, -0.25) is 0 Å². The maximum absolute atomic E-state index is 7.08. The lowest BCUT2D eigenvalue weighted by atomic mass is 9.98. The first kappa shape index (κ1) is 61.7. The Bertz CT molecular complexity index is 1530. The van der Waals surface area contributed by atoms with Gasteiger partial charge >= 0.3 is 0 Å². The quantitative estimate of drug-likeness (QED) is 0.0417. The molecule has 3 aromatic rings. The maximum Gasteiger partial charge on any atom is 0.142 e. The first-order chi connectivity index (χ1) is 34.8. The Morgan fingerprint density at radius 2 is 0.443 bits per heavy atom. The predicted octanol–water partition coefficient (Wildman–Crippen LogP) is 22.8. The van der Waals surface area contributed by atoms with E-state index in [4.69, 9.17) is 18.9 Å². The lowest BCUT2D eigenvalue weighted by molar-refractivity contribution is 0.292. The molecule has 0 fully saturated rings. The molecule has 0 bridgehead atoms. The van der Waals surface area contributed by atoms with Gasteiger partial charge in [-0.2, -0.15) is 0 Å². The summed E-state index contributed by atoms with van der Waals surface area (Å²) in [6.07, 6.45) is 58.4. The van der Waals surface area contributed by atoms with Gasteiger partial charge in [-0.05, 0) is 37.8 Å². The molecule has 0 aliphatic heterocycles. The maximum atomic E-state index is 7.08. The van der Waals surface area contributed by atoms with Crippen LogP contribution < -0.4 is 18.9 Å². The van der Waals surface area contributed by atoms with Crippen molar-refractivity contribution in [1.82, 2.24) is 0 Å². The van der Waals surface area contributed by atoms with Crippen LogP contribution >= 0.6 is 0 Å². The fourth-order valence-corrected chi connectivity index (χ4v) is 10.5. The highest BCUT2D eigenvalue weighted by atomic mass is 16.5. The van der Waals surface area contributed by atoms with E-state index in [0.29, 0.717) is 13.2 Å². The minimum Gasteiger partial charge on any atom is -0.493 e. The lowest BCUT2D eigenvalue weighted by Crippen LogP contribution is -2.06. The van der Waals surface area contributed by atoms with E-state index in [2.05, 4.69) is 64.1 Å². The zero-order chi connectivity index (χ0) is 49.6. The van der Waals surface area contributed by atoms with E-state index in [1.165, 1.54) is 257 Å². The van der Waals surface area contributed by atoms with Gasteiger partial charge in [-0.15, -0.1) is 0 Å². The Morgan fingerprint density at radius 3 is 0.700 bits per heavy atom. The van der Waals surface area contributed by atoms with E-state index in [1.807, 2.05) is 0 Å². The van der Waals surface area contributed by atoms with Crippen molar-refractivity contribution >= 4 is 21.5 Å². The van der Waals surface area contributed by atoms with Crippen molar-refractivity contribution in [2.24, 2.45) is 0 Å². The Kier molecular flexibility index (Phi) is 39.7. The summed E-state index contributed by atoms with van der Waals surface area (Å²) < 4.78 is 27.7. The molecule has 0 spiro atoms. The standard InChI is InChI=1S/C66H114O4/c1-5-9-13-17-21-25-29-33-37-41-45-55-67-61-53-49-51-59-63(61)66(70-58-48-44-40-36-32-28-24-20-16-12-8-4)64-60(65(59)69-57-47-43-39-35-31-27-23-19-15-11-7-3)52-50-54-62(64)68-56-46-42-38-34-30-26-22-18-14-10-6-2/h49-54H,5-48,55-58H2,1-4H3. The van der Waals surface area contributed by atoms with Crippen LogP contribution in [0.3, 0.4) is 0 Å². The van der Waals surface area contributed by atoms with Crippen LogP contribution in [0.2, 0.25) is 0 Å². The van der Waals surface area contributed by atoms with Gasteiger partial charge in [0, 0.05) is 10.8 Å². The molecule has 402 valence electrons. The lowest BCUT2D eigenvalue weighted by Gasteiger charge is -2.22. The molecule has 0 saturated heterocycles. The fraction of sp³-hybridized carbons (Fsp3) is 0.788. The van der Waals surface area contributed by atoms with Crippen LogP contribution in [-0.4, -0.2) is 26.4 Å². The molecule has 0 saturated carbocycles. The molecule has 0 aliphatic carbocycles. The van der Waals surface area contributed by atoms with Crippen LogP contribution in [0.5, 0.6) is 23.0 Å². The fourth-order valence-electron chi connectivity index (χ4n) is 10.5. The molecule has 4 nitrogen and oxygen atoms in total. The van der Waals surface area contributed by atoms with Gasteiger partial charge in [0.1, 0.15) is 23.0 Å². The molecule has 0 N–H and O–H groups in total. The third kappa shape index (κ3) is 28.6. The molecule has 3 rings (SSSR count). The third-order valence-corrected chi connectivity index (χ3v) is 15.0. The summed E-state index contributed by atoms with van der Waals surface area (Å²) in [5, 5.41) is 4.31. The van der Waals surface area contributed by atoms with Crippen LogP contribution in [0, 0.1) is 0 Å². The Hall–Kier alpha value is -2.62. The summed E-state index contributed by atoms with van der Waals surface area (Å²) in [6, 6.07) is 13.2. The average Bonchev–Trinajstić information content (AvgIpc) is 3.37. The van der Waals surface area contributed by atoms with Crippen molar-refractivity contribution < 1.29 is 18.9 Å². The van der Waals surface area contributed by atoms with Gasteiger partial charge in [-0.25, -0.2) is 0 Å². The van der Waals surface area contributed by atoms with Gasteiger partial charge in [0.05, 0.1) is 37.2 Å². The zero-order valence-corrected chi connectivity index (χ0v) is 47.0. The monoisotopic (exact) mass is 971 g/mol. The van der Waals surface area contributed by atoms with Crippen LogP contribution in [-0.2, 0) is 0 Å². The summed E-state index contributed by atoms with van der Waals surface area (Å²) in [7, 11) is 0. The summed E-state index contributed by atoms with van der Waals surface area (Å²) in [5.74, 6) is 3.71. The van der Waals surface area contributed by atoms with Crippen LogP contribution in [0.15, 0.2) is 36.4 Å². The highest BCUT2D eigenvalue weighted by molar-refractivity contribution is 6.15. The molecule has 0 atom stereocenters. The van der Waals surface area contributed by atoms with Crippen molar-refractivity contribution in [1.29, 1.82) is 0 Å². The molecule has 4 heteroatoms. The molecule has 3 aromatic carbocycles. The van der Waals surface area contributed by atoms with Gasteiger partial charge in [0.25, 0.3) is 0 Å². The van der Waals surface area contributed by atoms with Gasteiger partial charge in [0.15, 0.2) is 0 Å².